The lowest BCUT2D eigenvalue weighted by Crippen LogP contribution is -2.10. The number of rotatable bonds is 4. The fourth-order valence-electron chi connectivity index (χ4n) is 2.76. The number of phenolic OH excluding ortho intramolecular Hbond substituents is 1. The highest BCUT2D eigenvalue weighted by molar-refractivity contribution is 5.92. The average molecular weight is 338 g/mol. The predicted octanol–water partition coefficient (Wildman–Crippen LogP) is 4.86. The maximum Gasteiger partial charge on any atom is 0.231 e. The summed E-state index contributed by atoms with van der Waals surface area (Å²) >= 11 is 0. The van der Waals surface area contributed by atoms with Crippen LogP contribution in [0.5, 0.6) is 5.75 Å². The fourth-order valence-corrected chi connectivity index (χ4v) is 2.76. The summed E-state index contributed by atoms with van der Waals surface area (Å²) in [6.45, 7) is 7.78. The van der Waals surface area contributed by atoms with Crippen LogP contribution >= 0.6 is 0 Å². The third-order valence-electron chi connectivity index (χ3n) is 4.30. The number of fused-ring (bicyclic) bond motifs is 1. The van der Waals surface area contributed by atoms with Crippen LogP contribution in [0.25, 0.3) is 22.6 Å². The van der Waals surface area contributed by atoms with Crippen molar-refractivity contribution < 1.29 is 14.3 Å². The van der Waals surface area contributed by atoms with E-state index in [1.807, 2.05) is 32.9 Å². The maximum absolute atomic E-state index is 11.9. The van der Waals surface area contributed by atoms with Crippen LogP contribution in [0.4, 0.5) is 5.69 Å². The number of oxazole rings is 1. The summed E-state index contributed by atoms with van der Waals surface area (Å²) in [6, 6.07) is 7.34. The summed E-state index contributed by atoms with van der Waals surface area (Å²) in [4.78, 5) is 16.4. The van der Waals surface area contributed by atoms with Crippen molar-refractivity contribution in [3.8, 4) is 17.2 Å². The zero-order chi connectivity index (χ0) is 18.1. The van der Waals surface area contributed by atoms with Gasteiger partial charge in [0.2, 0.25) is 11.8 Å². The molecule has 0 radical (unpaired) electrons. The zero-order valence-electron chi connectivity index (χ0n) is 14.9. The van der Waals surface area contributed by atoms with Gasteiger partial charge in [-0.2, -0.15) is 0 Å². The number of hydrogen-bond acceptors (Lipinski definition) is 4. The van der Waals surface area contributed by atoms with E-state index in [0.29, 0.717) is 34.7 Å². The van der Waals surface area contributed by atoms with E-state index in [4.69, 9.17) is 4.42 Å². The van der Waals surface area contributed by atoms with E-state index in [1.54, 1.807) is 19.1 Å². The molecule has 1 amide bonds. The Morgan fingerprint density at radius 2 is 1.84 bits per heavy atom. The van der Waals surface area contributed by atoms with Gasteiger partial charge in [0.25, 0.3) is 0 Å². The van der Waals surface area contributed by atoms with Gasteiger partial charge in [0.15, 0.2) is 5.58 Å². The smallest absolute Gasteiger partial charge is 0.231 e. The number of carbonyl (C=O) groups excluding carboxylic acids is 1. The van der Waals surface area contributed by atoms with Crippen LogP contribution in [0, 0.1) is 20.8 Å². The van der Waals surface area contributed by atoms with Gasteiger partial charge < -0.3 is 14.8 Å². The predicted molar refractivity (Wildman–Crippen MR) is 98.9 cm³/mol. The van der Waals surface area contributed by atoms with Crippen LogP contribution in [0.1, 0.15) is 36.5 Å². The molecule has 0 saturated heterocycles. The lowest BCUT2D eigenvalue weighted by atomic mass is 10.1. The minimum atomic E-state index is -0.0534. The van der Waals surface area contributed by atoms with Gasteiger partial charge in [0.1, 0.15) is 11.3 Å². The molecule has 3 aromatic rings. The number of hydrogen-bond donors (Lipinski definition) is 2. The van der Waals surface area contributed by atoms with E-state index in [0.717, 1.165) is 23.1 Å². The minimum absolute atomic E-state index is 0.0534. The van der Waals surface area contributed by atoms with Gasteiger partial charge in [-0.05, 0) is 68.1 Å². The largest absolute Gasteiger partial charge is 0.507 e. The SMILES string of the molecule is CCCC(=O)Nc1cc(C)c(O)c(-c2nc3cc(C)c(C)cc3o2)c1. The second-order valence-electron chi connectivity index (χ2n) is 6.41. The first kappa shape index (κ1) is 17.0. The molecule has 130 valence electrons. The number of nitrogens with one attached hydrogen (secondary N) is 1. The van der Waals surface area contributed by atoms with E-state index >= 15 is 0 Å². The normalized spacial score (nSPS) is 11.0. The van der Waals surface area contributed by atoms with Gasteiger partial charge in [0, 0.05) is 12.1 Å². The number of anilines is 1. The molecule has 2 N–H and O–H groups in total. The van der Waals surface area contributed by atoms with Gasteiger partial charge in [-0.25, -0.2) is 4.98 Å². The Labute approximate surface area is 146 Å². The summed E-state index contributed by atoms with van der Waals surface area (Å²) in [5.74, 6) is 0.392. The van der Waals surface area contributed by atoms with Gasteiger partial charge in [-0.15, -0.1) is 0 Å². The first-order chi connectivity index (χ1) is 11.9. The van der Waals surface area contributed by atoms with Crippen molar-refractivity contribution in [2.75, 3.05) is 5.32 Å². The number of phenols is 1. The molecular weight excluding hydrogens is 316 g/mol. The van der Waals surface area contributed by atoms with E-state index in [1.165, 1.54) is 0 Å². The Kier molecular flexibility index (Phi) is 4.49. The Bertz CT molecular complexity index is 918. The molecule has 5 heteroatoms. The highest BCUT2D eigenvalue weighted by Gasteiger charge is 2.16. The van der Waals surface area contributed by atoms with Crippen molar-refractivity contribution in [1.29, 1.82) is 0 Å². The van der Waals surface area contributed by atoms with Crippen LogP contribution in [-0.4, -0.2) is 16.0 Å². The molecule has 0 aliphatic rings. The molecule has 0 saturated carbocycles. The summed E-state index contributed by atoms with van der Waals surface area (Å²) in [5, 5.41) is 13.3. The number of aromatic nitrogens is 1. The quantitative estimate of drug-likeness (QED) is 0.666. The Hall–Kier alpha value is -2.82. The summed E-state index contributed by atoms with van der Waals surface area (Å²) in [5.41, 5.74) is 5.42. The number of benzene rings is 2. The number of nitrogens with zero attached hydrogens (tertiary/aromatic N) is 1. The van der Waals surface area contributed by atoms with Gasteiger partial charge in [-0.3, -0.25) is 4.79 Å². The summed E-state index contributed by atoms with van der Waals surface area (Å²) < 4.78 is 5.85. The van der Waals surface area contributed by atoms with Crippen molar-refractivity contribution in [1.82, 2.24) is 4.98 Å². The van der Waals surface area contributed by atoms with Crippen molar-refractivity contribution >= 4 is 22.7 Å². The van der Waals surface area contributed by atoms with Crippen molar-refractivity contribution in [3.05, 3.63) is 41.0 Å². The molecule has 3 rings (SSSR count). The van der Waals surface area contributed by atoms with Gasteiger partial charge in [0.05, 0.1) is 5.56 Å². The Morgan fingerprint density at radius 3 is 2.56 bits per heavy atom. The van der Waals surface area contributed by atoms with Crippen molar-refractivity contribution in [2.24, 2.45) is 0 Å². The fraction of sp³-hybridized carbons (Fsp3) is 0.300. The van der Waals surface area contributed by atoms with E-state index in [9.17, 15) is 9.90 Å². The van der Waals surface area contributed by atoms with Crippen LogP contribution in [0.2, 0.25) is 0 Å². The average Bonchev–Trinajstić information content (AvgIpc) is 2.94. The van der Waals surface area contributed by atoms with Gasteiger partial charge in [-0.1, -0.05) is 6.92 Å². The third-order valence-corrected chi connectivity index (χ3v) is 4.30. The first-order valence-electron chi connectivity index (χ1n) is 8.40. The molecule has 2 aromatic carbocycles. The van der Waals surface area contributed by atoms with Gasteiger partial charge >= 0.3 is 0 Å². The highest BCUT2D eigenvalue weighted by atomic mass is 16.3. The molecule has 5 nitrogen and oxygen atoms in total. The summed E-state index contributed by atoms with van der Waals surface area (Å²) in [7, 11) is 0. The van der Waals surface area contributed by atoms with E-state index < -0.39 is 0 Å². The maximum atomic E-state index is 11.9. The molecule has 25 heavy (non-hydrogen) atoms. The molecular formula is C20H22N2O3. The van der Waals surface area contributed by atoms with Crippen LogP contribution < -0.4 is 5.32 Å². The second kappa shape index (κ2) is 6.59. The topological polar surface area (TPSA) is 75.4 Å². The molecule has 0 aliphatic heterocycles. The monoisotopic (exact) mass is 338 g/mol. The lowest BCUT2D eigenvalue weighted by Gasteiger charge is -2.10. The zero-order valence-corrected chi connectivity index (χ0v) is 14.9. The Morgan fingerprint density at radius 1 is 1.12 bits per heavy atom. The van der Waals surface area contributed by atoms with Crippen molar-refractivity contribution in [3.63, 3.8) is 0 Å². The highest BCUT2D eigenvalue weighted by Crippen LogP contribution is 2.36. The molecule has 1 aromatic heterocycles. The van der Waals surface area contributed by atoms with Crippen molar-refractivity contribution in [2.45, 2.75) is 40.5 Å². The number of aromatic hydroxyl groups is 1. The molecule has 0 fully saturated rings. The minimum Gasteiger partial charge on any atom is -0.507 e. The molecule has 1 heterocycles. The molecule has 0 spiro atoms. The van der Waals surface area contributed by atoms with Crippen LogP contribution in [-0.2, 0) is 4.79 Å². The Balaban J connectivity index is 2.06. The first-order valence-corrected chi connectivity index (χ1v) is 8.40. The number of carbonyl (C=O) groups is 1. The van der Waals surface area contributed by atoms with Crippen LogP contribution in [0.15, 0.2) is 28.7 Å². The van der Waals surface area contributed by atoms with E-state index in [2.05, 4.69) is 10.3 Å². The number of amides is 1. The molecule has 0 unspecified atom stereocenters. The molecule has 0 aliphatic carbocycles. The lowest BCUT2D eigenvalue weighted by molar-refractivity contribution is -0.116. The van der Waals surface area contributed by atoms with Crippen LogP contribution in [0.3, 0.4) is 0 Å². The standard InChI is InChI=1S/C20H22N2O3/c1-5-6-18(23)21-14-7-13(4)19(24)15(10-14)20-22-16-8-11(2)12(3)9-17(16)25-20/h7-10,24H,5-6H2,1-4H3,(H,21,23). The molecule has 0 atom stereocenters. The second-order valence-corrected chi connectivity index (χ2v) is 6.41. The number of aryl methyl sites for hydroxylation is 3. The molecule has 0 bridgehead atoms. The third kappa shape index (κ3) is 3.36. The summed E-state index contributed by atoms with van der Waals surface area (Å²) in [6.07, 6.45) is 1.23. The van der Waals surface area contributed by atoms with E-state index in [-0.39, 0.29) is 11.7 Å².